The Morgan fingerprint density at radius 2 is 2.07 bits per heavy atom. The van der Waals surface area contributed by atoms with E-state index in [4.69, 9.17) is 10.8 Å². The third-order valence-electron chi connectivity index (χ3n) is 2.81. The topological polar surface area (TPSA) is 92.0 Å². The van der Waals surface area contributed by atoms with Crippen LogP contribution in [-0.4, -0.2) is 15.1 Å². The molecule has 1 saturated carbocycles. The molecule has 5 nitrogen and oxygen atoms in total. The van der Waals surface area contributed by atoms with Crippen LogP contribution < -0.4 is 11.3 Å². The van der Waals surface area contributed by atoms with Gasteiger partial charge in [-0.1, -0.05) is 12.8 Å². The summed E-state index contributed by atoms with van der Waals surface area (Å²) in [4.78, 5) is 16.9. The van der Waals surface area contributed by atoms with Crippen LogP contribution in [0.15, 0.2) is 4.79 Å². The van der Waals surface area contributed by atoms with Crippen LogP contribution in [0.3, 0.4) is 0 Å². The molecule has 82 valence electrons. The Morgan fingerprint density at radius 1 is 1.47 bits per heavy atom. The lowest BCUT2D eigenvalue weighted by Crippen LogP contribution is -2.37. The average Bonchev–Trinajstić information content (AvgIpc) is 2.62. The van der Waals surface area contributed by atoms with Gasteiger partial charge in [0.15, 0.2) is 0 Å². The van der Waals surface area contributed by atoms with E-state index >= 15 is 0 Å². The fraction of sp³-hybridized carbons (Fsp3) is 0.556. The molecule has 1 aromatic rings. The van der Waals surface area contributed by atoms with E-state index in [9.17, 15) is 9.18 Å². The molecule has 0 aromatic carbocycles. The van der Waals surface area contributed by atoms with Gasteiger partial charge in [-0.15, -0.1) is 0 Å². The molecule has 1 aliphatic carbocycles. The fourth-order valence-corrected chi connectivity index (χ4v) is 1.93. The van der Waals surface area contributed by atoms with E-state index in [1.54, 1.807) is 0 Å². The van der Waals surface area contributed by atoms with Crippen molar-refractivity contribution in [2.75, 3.05) is 0 Å². The van der Waals surface area contributed by atoms with Crippen molar-refractivity contribution in [3.63, 3.8) is 0 Å². The summed E-state index contributed by atoms with van der Waals surface area (Å²) in [6, 6.07) is 0. The highest BCUT2D eigenvalue weighted by Crippen LogP contribution is 2.34. The van der Waals surface area contributed by atoms with Crippen LogP contribution in [0.2, 0.25) is 0 Å². The zero-order valence-electron chi connectivity index (χ0n) is 8.09. The second-order valence-electron chi connectivity index (χ2n) is 3.92. The van der Waals surface area contributed by atoms with Gasteiger partial charge in [0.1, 0.15) is 5.82 Å². The largest absolute Gasteiger partial charge is 0.491 e. The van der Waals surface area contributed by atoms with E-state index in [1.807, 2.05) is 0 Å². The van der Waals surface area contributed by atoms with Crippen molar-refractivity contribution in [2.45, 2.75) is 31.2 Å². The first kappa shape index (κ1) is 10.1. The predicted octanol–water partition coefficient (Wildman–Crippen LogP) is 0.343. The lowest BCUT2D eigenvalue weighted by Gasteiger charge is -2.21. The molecule has 0 unspecified atom stereocenters. The Kier molecular flexibility index (Phi) is 2.22. The first-order valence-corrected chi connectivity index (χ1v) is 4.81. The van der Waals surface area contributed by atoms with Crippen LogP contribution in [0.5, 0.6) is 5.88 Å². The Hall–Kier alpha value is -1.43. The Labute approximate surface area is 85.2 Å². The number of rotatable bonds is 1. The number of hydrogen-bond donors (Lipinski definition) is 3. The van der Waals surface area contributed by atoms with Crippen LogP contribution in [0, 0.1) is 5.82 Å². The maximum Gasteiger partial charge on any atom is 0.291 e. The summed E-state index contributed by atoms with van der Waals surface area (Å²) >= 11 is 0. The highest BCUT2D eigenvalue weighted by atomic mass is 19.1. The molecule has 0 atom stereocenters. The number of hydrogen-bond acceptors (Lipinski definition) is 4. The highest BCUT2D eigenvalue weighted by Gasteiger charge is 2.34. The lowest BCUT2D eigenvalue weighted by molar-refractivity contribution is 0.373. The molecule has 4 N–H and O–H groups in total. The molecule has 1 fully saturated rings. The maximum atomic E-state index is 12.8. The van der Waals surface area contributed by atoms with Crippen molar-refractivity contribution in [1.29, 1.82) is 0 Å². The summed E-state index contributed by atoms with van der Waals surface area (Å²) in [6.07, 6.45) is 3.25. The number of aromatic nitrogens is 2. The summed E-state index contributed by atoms with van der Waals surface area (Å²) in [5.41, 5.74) is 4.29. The van der Waals surface area contributed by atoms with E-state index in [0.717, 1.165) is 12.8 Å². The van der Waals surface area contributed by atoms with Crippen molar-refractivity contribution in [1.82, 2.24) is 9.97 Å². The monoisotopic (exact) mass is 213 g/mol. The molecule has 0 spiro atoms. The second kappa shape index (κ2) is 3.30. The number of aromatic amines is 1. The molecule has 2 rings (SSSR count). The SMILES string of the molecule is NC1(c2nc(O)c(F)c(=O)[nH]2)CCCC1. The van der Waals surface area contributed by atoms with Gasteiger partial charge >= 0.3 is 0 Å². The first-order chi connectivity index (χ1) is 7.03. The minimum Gasteiger partial charge on any atom is -0.491 e. The number of nitrogens with one attached hydrogen (secondary N) is 1. The average molecular weight is 213 g/mol. The molecular formula is C9H12FN3O2. The highest BCUT2D eigenvalue weighted by molar-refractivity contribution is 5.15. The van der Waals surface area contributed by atoms with E-state index in [-0.39, 0.29) is 5.82 Å². The zero-order valence-corrected chi connectivity index (χ0v) is 8.09. The molecular weight excluding hydrogens is 201 g/mol. The molecule has 0 aliphatic heterocycles. The van der Waals surface area contributed by atoms with Crippen LogP contribution in [-0.2, 0) is 5.54 Å². The second-order valence-corrected chi connectivity index (χ2v) is 3.92. The number of H-pyrrole nitrogens is 1. The standard InChI is InChI=1S/C9H12FN3O2/c10-5-6(14)12-8(13-7(5)15)9(11)3-1-2-4-9/h1-4,11H2,(H2,12,13,14,15). The number of nitrogens with zero attached hydrogens (tertiary/aromatic N) is 1. The van der Waals surface area contributed by atoms with Crippen LogP contribution >= 0.6 is 0 Å². The van der Waals surface area contributed by atoms with E-state index in [1.165, 1.54) is 0 Å². The van der Waals surface area contributed by atoms with Crippen molar-refractivity contribution in [2.24, 2.45) is 5.73 Å². The summed E-state index contributed by atoms with van der Waals surface area (Å²) in [5, 5.41) is 9.09. The van der Waals surface area contributed by atoms with Crippen LogP contribution in [0.4, 0.5) is 4.39 Å². The van der Waals surface area contributed by atoms with Crippen molar-refractivity contribution >= 4 is 0 Å². The van der Waals surface area contributed by atoms with Gasteiger partial charge in [0.2, 0.25) is 5.82 Å². The number of halogens is 1. The van der Waals surface area contributed by atoms with Gasteiger partial charge in [-0.3, -0.25) is 4.79 Å². The third kappa shape index (κ3) is 1.61. The van der Waals surface area contributed by atoms with Gasteiger partial charge in [0.25, 0.3) is 11.4 Å². The fourth-order valence-electron chi connectivity index (χ4n) is 1.93. The summed E-state index contributed by atoms with van der Waals surface area (Å²) in [6.45, 7) is 0. The maximum absolute atomic E-state index is 12.8. The zero-order chi connectivity index (χ0) is 11.1. The Bertz CT molecular complexity index is 437. The Morgan fingerprint density at radius 3 is 2.60 bits per heavy atom. The molecule has 0 amide bonds. The molecule has 1 aliphatic rings. The molecule has 1 heterocycles. The van der Waals surface area contributed by atoms with Gasteiger partial charge < -0.3 is 15.8 Å². The Balaban J connectivity index is 2.50. The van der Waals surface area contributed by atoms with Crippen LogP contribution in [0.1, 0.15) is 31.5 Å². The molecule has 1 aromatic heterocycles. The predicted molar refractivity (Wildman–Crippen MR) is 50.8 cm³/mol. The van der Waals surface area contributed by atoms with Gasteiger partial charge in [-0.2, -0.15) is 9.37 Å². The number of aromatic hydroxyl groups is 1. The molecule has 6 heteroatoms. The minimum atomic E-state index is -1.26. The smallest absolute Gasteiger partial charge is 0.291 e. The lowest BCUT2D eigenvalue weighted by atomic mass is 9.98. The van der Waals surface area contributed by atoms with Crippen molar-refractivity contribution < 1.29 is 9.50 Å². The first-order valence-electron chi connectivity index (χ1n) is 4.81. The molecule has 0 saturated heterocycles. The van der Waals surface area contributed by atoms with E-state index in [2.05, 4.69) is 9.97 Å². The summed E-state index contributed by atoms with van der Waals surface area (Å²) < 4.78 is 12.8. The summed E-state index contributed by atoms with van der Waals surface area (Å²) in [5.74, 6) is -1.98. The molecule has 0 bridgehead atoms. The molecule has 15 heavy (non-hydrogen) atoms. The normalized spacial score (nSPS) is 19.3. The van der Waals surface area contributed by atoms with Gasteiger partial charge in [-0.25, -0.2) is 0 Å². The molecule has 0 radical (unpaired) electrons. The number of nitrogens with two attached hydrogens (primary N) is 1. The van der Waals surface area contributed by atoms with Gasteiger partial charge in [0, 0.05) is 0 Å². The van der Waals surface area contributed by atoms with E-state index in [0.29, 0.717) is 12.8 Å². The van der Waals surface area contributed by atoms with Gasteiger partial charge in [0.05, 0.1) is 5.54 Å². The summed E-state index contributed by atoms with van der Waals surface area (Å²) in [7, 11) is 0. The third-order valence-corrected chi connectivity index (χ3v) is 2.81. The van der Waals surface area contributed by atoms with E-state index < -0.39 is 22.8 Å². The minimum absolute atomic E-state index is 0.170. The van der Waals surface area contributed by atoms with Gasteiger partial charge in [-0.05, 0) is 12.8 Å². The quantitative estimate of drug-likeness (QED) is 0.627. The van der Waals surface area contributed by atoms with Crippen molar-refractivity contribution in [3.05, 3.63) is 22.0 Å². The van der Waals surface area contributed by atoms with Crippen LogP contribution in [0.25, 0.3) is 0 Å². The van der Waals surface area contributed by atoms with Crippen molar-refractivity contribution in [3.8, 4) is 5.88 Å².